The van der Waals surface area contributed by atoms with Gasteiger partial charge in [-0.1, -0.05) is 20.8 Å². The summed E-state index contributed by atoms with van der Waals surface area (Å²) in [6.07, 6.45) is 5.49. The van der Waals surface area contributed by atoms with E-state index in [9.17, 15) is 9.59 Å². The van der Waals surface area contributed by atoms with Gasteiger partial charge in [-0.05, 0) is 81.2 Å². The number of rotatable bonds is 7. The number of benzene rings is 1. The zero-order valence-corrected chi connectivity index (χ0v) is 27.3. The van der Waals surface area contributed by atoms with E-state index in [0.29, 0.717) is 29.7 Å². The van der Waals surface area contributed by atoms with E-state index in [0.717, 1.165) is 65.1 Å². The summed E-state index contributed by atoms with van der Waals surface area (Å²) in [5, 5.41) is 4.14. The highest BCUT2D eigenvalue weighted by molar-refractivity contribution is 6.00. The fourth-order valence-corrected chi connectivity index (χ4v) is 7.22. The largest absolute Gasteiger partial charge is 0.494 e. The maximum Gasteiger partial charge on any atom is 0.254 e. The molecule has 1 aliphatic heterocycles. The standard InChI is InChI=1S/C35H45N7O3/c1-19(37-34(44)35(2,3)4)26-12-10-22-15-28(42(31(22)38-26)17-20-7-8-20)32-39-27-14-23(16-29(45-6)30(27)40(32)5)33(43)41-18-25(36)21-9-11-24(41)13-21/h10,12,14-16,19-21,24-25H,7-9,11,13,17-18,36H2,1-6H3,(H,37,44)/t19-,21+,24-,25+/m1/s1. The van der Waals surface area contributed by atoms with E-state index in [2.05, 4.69) is 26.6 Å². The SMILES string of the molecule is COc1cc(C(=O)N2C[C@H](N)[C@H]3CC[C@@H]2C3)cc2nc(-c3cc4ccc([C@@H](C)NC(=O)C(C)(C)C)nc4n3CC3CC3)n(C)c12. The number of hydrogen-bond acceptors (Lipinski definition) is 6. The van der Waals surface area contributed by atoms with E-state index in [1.165, 1.54) is 12.8 Å². The van der Waals surface area contributed by atoms with Crippen LogP contribution in [0, 0.1) is 17.3 Å². The first-order chi connectivity index (χ1) is 21.4. The molecule has 3 aromatic heterocycles. The van der Waals surface area contributed by atoms with Gasteiger partial charge in [0.2, 0.25) is 5.91 Å². The van der Waals surface area contributed by atoms with Gasteiger partial charge in [-0.25, -0.2) is 9.97 Å². The number of fused-ring (bicyclic) bond motifs is 4. The van der Waals surface area contributed by atoms with Gasteiger partial charge in [0, 0.05) is 48.6 Å². The van der Waals surface area contributed by atoms with E-state index in [1.807, 2.05) is 57.8 Å². The van der Waals surface area contributed by atoms with E-state index in [-0.39, 0.29) is 29.9 Å². The number of nitrogens with zero attached hydrogens (tertiary/aromatic N) is 5. The molecule has 7 rings (SSSR count). The minimum absolute atomic E-state index is 0.00421. The lowest BCUT2D eigenvalue weighted by Crippen LogP contribution is -2.51. The van der Waals surface area contributed by atoms with Crippen LogP contribution < -0.4 is 15.8 Å². The Balaban J connectivity index is 1.29. The first-order valence-corrected chi connectivity index (χ1v) is 16.4. The molecule has 4 aromatic rings. The van der Waals surface area contributed by atoms with Gasteiger partial charge in [0.15, 0.2) is 5.82 Å². The van der Waals surface area contributed by atoms with E-state index in [4.69, 9.17) is 20.4 Å². The van der Waals surface area contributed by atoms with Crippen LogP contribution in [0.1, 0.15) is 81.9 Å². The summed E-state index contributed by atoms with van der Waals surface area (Å²) >= 11 is 0. The topological polar surface area (TPSA) is 120 Å². The molecule has 10 nitrogen and oxygen atoms in total. The van der Waals surface area contributed by atoms with E-state index >= 15 is 0 Å². The minimum atomic E-state index is -0.482. The van der Waals surface area contributed by atoms with Gasteiger partial charge in [-0.3, -0.25) is 9.59 Å². The maximum absolute atomic E-state index is 13.9. The van der Waals surface area contributed by atoms with Crippen molar-refractivity contribution in [2.24, 2.45) is 30.0 Å². The maximum atomic E-state index is 13.9. The Labute approximate surface area is 264 Å². The lowest BCUT2D eigenvalue weighted by Gasteiger charge is -2.37. The number of ether oxygens (including phenoxy) is 1. The summed E-state index contributed by atoms with van der Waals surface area (Å²) in [7, 11) is 3.64. The molecule has 3 fully saturated rings. The monoisotopic (exact) mass is 611 g/mol. The van der Waals surface area contributed by atoms with Crippen LogP contribution >= 0.6 is 0 Å². The van der Waals surface area contributed by atoms with Gasteiger partial charge in [0.1, 0.15) is 16.9 Å². The number of pyridine rings is 1. The lowest BCUT2D eigenvalue weighted by atomic mass is 9.94. The molecule has 0 radical (unpaired) electrons. The number of aryl methyl sites for hydroxylation is 1. The Morgan fingerprint density at radius 2 is 1.89 bits per heavy atom. The Bertz CT molecular complexity index is 1810. The van der Waals surface area contributed by atoms with Crippen molar-refractivity contribution < 1.29 is 14.3 Å². The molecule has 238 valence electrons. The summed E-state index contributed by atoms with van der Waals surface area (Å²) in [5.41, 5.74) is 10.8. The van der Waals surface area contributed by atoms with Crippen LogP contribution in [0.5, 0.6) is 5.75 Å². The first kappa shape index (κ1) is 29.8. The average molecular weight is 612 g/mol. The molecular weight excluding hydrogens is 566 g/mol. The highest BCUT2D eigenvalue weighted by Crippen LogP contribution is 2.40. The quantitative estimate of drug-likeness (QED) is 0.297. The van der Waals surface area contributed by atoms with Gasteiger partial charge < -0.3 is 29.8 Å². The molecule has 45 heavy (non-hydrogen) atoms. The molecular formula is C35H45N7O3. The number of likely N-dealkylation sites (tertiary alicyclic amines) is 1. The second-order valence-electron chi connectivity index (χ2n) is 14.6. The molecule has 2 aliphatic carbocycles. The van der Waals surface area contributed by atoms with Crippen LogP contribution in [0.15, 0.2) is 30.3 Å². The molecule has 4 atom stereocenters. The third-order valence-corrected chi connectivity index (χ3v) is 10.2. The molecule has 3 aliphatic rings. The van der Waals surface area contributed by atoms with Gasteiger partial charge in [-0.15, -0.1) is 0 Å². The minimum Gasteiger partial charge on any atom is -0.494 e. The number of imidazole rings is 1. The summed E-state index contributed by atoms with van der Waals surface area (Å²) in [4.78, 5) is 38.8. The Morgan fingerprint density at radius 1 is 1.11 bits per heavy atom. The predicted molar refractivity (Wildman–Crippen MR) is 175 cm³/mol. The number of piperidine rings is 1. The molecule has 0 unspecified atom stereocenters. The van der Waals surface area contributed by atoms with Crippen molar-refractivity contribution in [2.45, 2.75) is 84.5 Å². The van der Waals surface area contributed by atoms with Crippen LogP contribution in [0.3, 0.4) is 0 Å². The molecule has 2 bridgehead atoms. The van der Waals surface area contributed by atoms with Crippen molar-refractivity contribution in [2.75, 3.05) is 13.7 Å². The number of hydrogen-bond donors (Lipinski definition) is 2. The molecule has 1 saturated heterocycles. The zero-order chi connectivity index (χ0) is 31.8. The number of carbonyl (C=O) groups is 2. The van der Waals surface area contributed by atoms with Crippen molar-refractivity contribution in [3.63, 3.8) is 0 Å². The Kier molecular flexibility index (Phi) is 7.18. The van der Waals surface area contributed by atoms with Crippen LogP contribution in [-0.4, -0.2) is 61.6 Å². The predicted octanol–water partition coefficient (Wildman–Crippen LogP) is 5.18. The lowest BCUT2D eigenvalue weighted by molar-refractivity contribution is -0.129. The molecule has 1 aromatic carbocycles. The van der Waals surface area contributed by atoms with Gasteiger partial charge in [-0.2, -0.15) is 0 Å². The summed E-state index contributed by atoms with van der Waals surface area (Å²) < 4.78 is 10.2. The van der Waals surface area contributed by atoms with Crippen molar-refractivity contribution in [1.82, 2.24) is 29.3 Å². The third kappa shape index (κ3) is 5.26. The second kappa shape index (κ2) is 10.9. The van der Waals surface area contributed by atoms with Crippen LogP contribution in [0.4, 0.5) is 0 Å². The van der Waals surface area contributed by atoms with Gasteiger partial charge in [0.05, 0.1) is 30.1 Å². The van der Waals surface area contributed by atoms with Crippen LogP contribution in [-0.2, 0) is 18.4 Å². The highest BCUT2D eigenvalue weighted by atomic mass is 16.5. The average Bonchev–Trinajstić information content (AvgIpc) is 3.47. The van der Waals surface area contributed by atoms with Crippen molar-refractivity contribution >= 4 is 33.9 Å². The highest BCUT2D eigenvalue weighted by Gasteiger charge is 2.41. The fourth-order valence-electron chi connectivity index (χ4n) is 7.22. The number of carbonyl (C=O) groups excluding carboxylic acids is 2. The van der Waals surface area contributed by atoms with Crippen molar-refractivity contribution in [1.29, 1.82) is 0 Å². The van der Waals surface area contributed by atoms with Crippen molar-refractivity contribution in [3.8, 4) is 17.3 Å². The van der Waals surface area contributed by atoms with E-state index < -0.39 is 5.41 Å². The molecule has 10 heteroatoms. The van der Waals surface area contributed by atoms with Crippen LogP contribution in [0.25, 0.3) is 33.6 Å². The fraction of sp³-hybridized carbons (Fsp3) is 0.543. The Hall–Kier alpha value is -3.92. The molecule has 3 N–H and O–H groups in total. The number of nitrogens with one attached hydrogen (secondary N) is 1. The molecule has 2 saturated carbocycles. The zero-order valence-electron chi connectivity index (χ0n) is 27.3. The Morgan fingerprint density at radius 3 is 2.60 bits per heavy atom. The first-order valence-electron chi connectivity index (χ1n) is 16.4. The van der Waals surface area contributed by atoms with E-state index in [1.54, 1.807) is 7.11 Å². The van der Waals surface area contributed by atoms with Crippen molar-refractivity contribution in [3.05, 3.63) is 41.6 Å². The van der Waals surface area contributed by atoms with Crippen LogP contribution in [0.2, 0.25) is 0 Å². The summed E-state index contributed by atoms with van der Waals surface area (Å²) in [6.45, 7) is 9.16. The smallest absolute Gasteiger partial charge is 0.254 e. The summed E-state index contributed by atoms with van der Waals surface area (Å²) in [5.74, 6) is 2.52. The number of amides is 2. The number of nitrogens with two attached hydrogens (primary N) is 1. The second-order valence-corrected chi connectivity index (χ2v) is 14.6. The molecule has 2 amide bonds. The van der Waals surface area contributed by atoms with Gasteiger partial charge in [0.25, 0.3) is 5.91 Å². The number of methoxy groups -OCH3 is 1. The molecule has 4 heterocycles. The van der Waals surface area contributed by atoms with Gasteiger partial charge >= 0.3 is 0 Å². The third-order valence-electron chi connectivity index (χ3n) is 10.2. The summed E-state index contributed by atoms with van der Waals surface area (Å²) in [6, 6.07) is 10.0. The molecule has 0 spiro atoms. The number of aromatic nitrogens is 4. The normalized spacial score (nSPS) is 22.3.